The Kier molecular flexibility index (Phi) is 6.80. The predicted octanol–water partition coefficient (Wildman–Crippen LogP) is 3.51. The summed E-state index contributed by atoms with van der Waals surface area (Å²) in [7, 11) is 0. The largest absolute Gasteiger partial charge is 0.462 e. The van der Waals surface area contributed by atoms with Gasteiger partial charge in [-0.25, -0.2) is 9.78 Å². The van der Waals surface area contributed by atoms with E-state index < -0.39 is 11.9 Å². The molecular formula is C26H23BrN4O5. The van der Waals surface area contributed by atoms with Crippen LogP contribution in [-0.2, 0) is 16.0 Å². The van der Waals surface area contributed by atoms with Gasteiger partial charge in [-0.05, 0) is 66.0 Å². The highest BCUT2D eigenvalue weighted by molar-refractivity contribution is 9.10. The van der Waals surface area contributed by atoms with E-state index >= 15 is 0 Å². The molecule has 9 nitrogen and oxygen atoms in total. The van der Waals surface area contributed by atoms with Gasteiger partial charge in [-0.15, -0.1) is 0 Å². The fourth-order valence-corrected chi connectivity index (χ4v) is 4.77. The first-order valence-corrected chi connectivity index (χ1v) is 12.4. The number of hydrogen-bond acceptors (Lipinski definition) is 6. The molecule has 0 bridgehead atoms. The molecule has 0 aliphatic carbocycles. The van der Waals surface area contributed by atoms with Gasteiger partial charge in [0.1, 0.15) is 16.9 Å². The molecule has 1 aliphatic rings. The lowest BCUT2D eigenvalue weighted by Crippen LogP contribution is -2.35. The summed E-state index contributed by atoms with van der Waals surface area (Å²) in [6.45, 7) is 2.69. The molecule has 3 aromatic heterocycles. The van der Waals surface area contributed by atoms with E-state index in [-0.39, 0.29) is 41.3 Å². The quantitative estimate of drug-likeness (QED) is 0.278. The summed E-state index contributed by atoms with van der Waals surface area (Å²) >= 11 is 3.39. The van der Waals surface area contributed by atoms with Gasteiger partial charge in [0.15, 0.2) is 5.49 Å². The number of esters is 1. The highest BCUT2D eigenvalue weighted by Gasteiger charge is 2.24. The maximum absolute atomic E-state index is 13.4. The third-order valence-electron chi connectivity index (χ3n) is 6.01. The van der Waals surface area contributed by atoms with Crippen LogP contribution in [0.4, 0.5) is 0 Å². The van der Waals surface area contributed by atoms with Gasteiger partial charge in [0.2, 0.25) is 0 Å². The van der Waals surface area contributed by atoms with Gasteiger partial charge in [-0.3, -0.25) is 14.0 Å². The first kappa shape index (κ1) is 24.1. The number of benzene rings is 1. The van der Waals surface area contributed by atoms with Gasteiger partial charge in [0.25, 0.3) is 11.5 Å². The number of ether oxygens (including phenoxy) is 2. The molecule has 184 valence electrons. The molecule has 36 heavy (non-hydrogen) atoms. The van der Waals surface area contributed by atoms with Crippen LogP contribution in [0.5, 0.6) is 0 Å². The molecule has 4 aromatic rings. The van der Waals surface area contributed by atoms with E-state index in [1.54, 1.807) is 60.2 Å². The highest BCUT2D eigenvalue weighted by atomic mass is 79.9. The number of halogens is 1. The average molecular weight is 551 g/mol. The Morgan fingerprint density at radius 1 is 1.19 bits per heavy atom. The molecule has 0 saturated carbocycles. The summed E-state index contributed by atoms with van der Waals surface area (Å²) in [6, 6.07) is 13.6. The number of nitrogens with zero attached hydrogens (tertiary/aromatic N) is 4. The van der Waals surface area contributed by atoms with Crippen LogP contribution in [0, 0.1) is 0 Å². The summed E-state index contributed by atoms with van der Waals surface area (Å²) in [5.41, 5.74) is 0.826. The number of pyridine rings is 2. The molecule has 1 atom stereocenters. The van der Waals surface area contributed by atoms with Crippen molar-refractivity contribution in [3.63, 3.8) is 0 Å². The first-order chi connectivity index (χ1) is 17.5. The molecule has 1 aliphatic heterocycles. The van der Waals surface area contributed by atoms with Crippen LogP contribution in [0.2, 0.25) is 0 Å². The van der Waals surface area contributed by atoms with Crippen molar-refractivity contribution in [2.45, 2.75) is 32.4 Å². The summed E-state index contributed by atoms with van der Waals surface area (Å²) < 4.78 is 14.8. The van der Waals surface area contributed by atoms with E-state index in [1.807, 2.05) is 0 Å². The third kappa shape index (κ3) is 4.49. The monoisotopic (exact) mass is 550 g/mol. The van der Waals surface area contributed by atoms with Gasteiger partial charge in [-0.2, -0.15) is 4.99 Å². The van der Waals surface area contributed by atoms with Crippen LogP contribution in [0.1, 0.15) is 40.5 Å². The van der Waals surface area contributed by atoms with Gasteiger partial charge in [0.05, 0.1) is 30.2 Å². The van der Waals surface area contributed by atoms with E-state index in [0.717, 1.165) is 12.8 Å². The number of rotatable bonds is 5. The second-order valence-electron chi connectivity index (χ2n) is 8.33. The molecule has 0 radical (unpaired) electrons. The molecule has 1 amide bonds. The van der Waals surface area contributed by atoms with Crippen molar-refractivity contribution < 1.29 is 19.1 Å². The van der Waals surface area contributed by atoms with Crippen molar-refractivity contribution >= 4 is 44.5 Å². The zero-order valence-corrected chi connectivity index (χ0v) is 21.1. The minimum Gasteiger partial charge on any atom is -0.462 e. The number of carbonyl (C=O) groups excluding carboxylic acids is 2. The second-order valence-corrected chi connectivity index (χ2v) is 9.18. The van der Waals surface area contributed by atoms with Gasteiger partial charge >= 0.3 is 5.97 Å². The summed E-state index contributed by atoms with van der Waals surface area (Å²) in [5, 5.41) is 0.215. The molecule has 5 rings (SSSR count). The lowest BCUT2D eigenvalue weighted by Gasteiger charge is -2.18. The molecule has 1 fully saturated rings. The SMILES string of the molecule is CCOC(=O)c1cc2c(=O)n3ccccc3nc2n(CC2CCCO2)c1=NC(=O)c1ccccc1Br. The van der Waals surface area contributed by atoms with Crippen LogP contribution in [0.15, 0.2) is 69.0 Å². The summed E-state index contributed by atoms with van der Waals surface area (Å²) in [5.74, 6) is -1.23. The second kappa shape index (κ2) is 10.2. The maximum Gasteiger partial charge on any atom is 0.341 e. The standard InChI is InChI=1S/C26H23BrN4O5/c1-2-35-26(34)19-14-18-22(28-21-11-5-6-12-30(21)25(18)33)31(15-16-8-7-13-36-16)23(19)29-24(32)17-9-3-4-10-20(17)27/h3-6,9-12,14,16H,2,7-8,13,15H2,1H3. The Hall–Kier alpha value is -3.63. The fraction of sp³-hybridized carbons (Fsp3) is 0.269. The van der Waals surface area contributed by atoms with E-state index in [2.05, 4.69) is 20.9 Å². The Morgan fingerprint density at radius 3 is 2.75 bits per heavy atom. The molecule has 0 N–H and O–H groups in total. The molecule has 1 unspecified atom stereocenters. The maximum atomic E-state index is 13.4. The summed E-state index contributed by atoms with van der Waals surface area (Å²) in [4.78, 5) is 48.9. The lowest BCUT2D eigenvalue weighted by atomic mass is 10.1. The van der Waals surface area contributed by atoms with E-state index in [9.17, 15) is 14.4 Å². The number of carbonyl (C=O) groups is 2. The van der Waals surface area contributed by atoms with Crippen LogP contribution < -0.4 is 11.0 Å². The topological polar surface area (TPSA) is 104 Å². The summed E-state index contributed by atoms with van der Waals surface area (Å²) in [6.07, 6.45) is 3.12. The van der Waals surface area contributed by atoms with Crippen LogP contribution in [0.25, 0.3) is 16.7 Å². The Balaban J connectivity index is 1.87. The number of aromatic nitrogens is 3. The predicted molar refractivity (Wildman–Crippen MR) is 136 cm³/mol. The van der Waals surface area contributed by atoms with Gasteiger partial charge < -0.3 is 14.0 Å². The molecule has 4 heterocycles. The van der Waals surface area contributed by atoms with E-state index in [4.69, 9.17) is 14.5 Å². The van der Waals surface area contributed by atoms with Crippen LogP contribution >= 0.6 is 15.9 Å². The van der Waals surface area contributed by atoms with E-state index in [1.165, 1.54) is 10.5 Å². The molecule has 0 spiro atoms. The van der Waals surface area contributed by atoms with Crippen molar-refractivity contribution in [2.75, 3.05) is 13.2 Å². The van der Waals surface area contributed by atoms with Crippen LogP contribution in [0.3, 0.4) is 0 Å². The van der Waals surface area contributed by atoms with Crippen molar-refractivity contribution in [1.29, 1.82) is 0 Å². The molecule has 10 heteroatoms. The average Bonchev–Trinajstić information content (AvgIpc) is 3.39. The molecular weight excluding hydrogens is 528 g/mol. The number of hydrogen-bond donors (Lipinski definition) is 0. The number of amides is 1. The molecule has 1 aromatic carbocycles. The fourth-order valence-electron chi connectivity index (χ4n) is 4.31. The van der Waals surface area contributed by atoms with E-state index in [0.29, 0.717) is 27.9 Å². The molecule has 1 saturated heterocycles. The number of fused-ring (bicyclic) bond motifs is 2. The van der Waals surface area contributed by atoms with Crippen molar-refractivity contribution in [2.24, 2.45) is 4.99 Å². The minimum atomic E-state index is -0.684. The third-order valence-corrected chi connectivity index (χ3v) is 6.70. The van der Waals surface area contributed by atoms with Crippen molar-refractivity contribution in [1.82, 2.24) is 14.0 Å². The van der Waals surface area contributed by atoms with Crippen molar-refractivity contribution in [3.05, 3.63) is 86.2 Å². The van der Waals surface area contributed by atoms with Crippen LogP contribution in [-0.4, -0.2) is 45.1 Å². The van der Waals surface area contributed by atoms with Gasteiger partial charge in [0, 0.05) is 17.3 Å². The van der Waals surface area contributed by atoms with Crippen molar-refractivity contribution in [3.8, 4) is 0 Å². The lowest BCUT2D eigenvalue weighted by molar-refractivity contribution is 0.0521. The zero-order chi connectivity index (χ0) is 25.2. The first-order valence-electron chi connectivity index (χ1n) is 11.6. The highest BCUT2D eigenvalue weighted by Crippen LogP contribution is 2.19. The smallest absolute Gasteiger partial charge is 0.341 e. The Morgan fingerprint density at radius 2 is 2.00 bits per heavy atom. The van der Waals surface area contributed by atoms with Gasteiger partial charge in [-0.1, -0.05) is 18.2 Å². The zero-order valence-electron chi connectivity index (χ0n) is 19.5. The Labute approximate surface area is 214 Å². The Bertz CT molecular complexity index is 1620. The normalized spacial score (nSPS) is 16.1. The minimum absolute atomic E-state index is 0.0116.